The van der Waals surface area contributed by atoms with Crippen molar-refractivity contribution >= 4 is 23.4 Å². The number of carbonyl (C=O) groups is 1. The van der Waals surface area contributed by atoms with Crippen LogP contribution < -0.4 is 0 Å². The number of hydrogen-bond acceptors (Lipinski definition) is 4. The number of benzene rings is 1. The maximum Gasteiger partial charge on any atom is 0.330 e. The van der Waals surface area contributed by atoms with Crippen molar-refractivity contribution < 1.29 is 13.9 Å². The van der Waals surface area contributed by atoms with Crippen LogP contribution in [0.15, 0.2) is 36.5 Å². The van der Waals surface area contributed by atoms with Gasteiger partial charge in [-0.2, -0.15) is 0 Å². The summed E-state index contributed by atoms with van der Waals surface area (Å²) in [6, 6.07) is 6.16. The number of thiazole rings is 1. The van der Waals surface area contributed by atoms with E-state index >= 15 is 0 Å². The number of ether oxygens (including phenoxy) is 1. The maximum atomic E-state index is 12.9. The van der Waals surface area contributed by atoms with Gasteiger partial charge in [-0.25, -0.2) is 14.2 Å². The molecule has 0 N–H and O–H groups in total. The van der Waals surface area contributed by atoms with Crippen LogP contribution in [0.5, 0.6) is 0 Å². The Hall–Kier alpha value is -2.01. The highest BCUT2D eigenvalue weighted by Gasteiger charge is 2.04. The SMILES string of the molecule is CCCCOC(=O)/C=C/c1cnc(-c2ccc(F)cc2)s1. The van der Waals surface area contributed by atoms with E-state index in [1.54, 1.807) is 24.4 Å². The van der Waals surface area contributed by atoms with Crippen LogP contribution in [-0.2, 0) is 9.53 Å². The number of rotatable bonds is 6. The van der Waals surface area contributed by atoms with Gasteiger partial charge in [0.1, 0.15) is 10.8 Å². The number of carbonyl (C=O) groups excluding carboxylic acids is 1. The van der Waals surface area contributed by atoms with Gasteiger partial charge in [-0.1, -0.05) is 13.3 Å². The normalized spacial score (nSPS) is 11.0. The number of hydrogen-bond donors (Lipinski definition) is 0. The summed E-state index contributed by atoms with van der Waals surface area (Å²) in [6.45, 7) is 2.49. The van der Waals surface area contributed by atoms with Crippen LogP contribution in [0.1, 0.15) is 24.6 Å². The van der Waals surface area contributed by atoms with Gasteiger partial charge in [0.15, 0.2) is 0 Å². The van der Waals surface area contributed by atoms with Crippen LogP contribution in [0.3, 0.4) is 0 Å². The molecule has 5 heteroatoms. The topological polar surface area (TPSA) is 39.2 Å². The number of unbranched alkanes of at least 4 members (excludes halogenated alkanes) is 1. The minimum absolute atomic E-state index is 0.273. The molecule has 0 radical (unpaired) electrons. The first-order valence-electron chi connectivity index (χ1n) is 6.75. The number of nitrogens with zero attached hydrogens (tertiary/aromatic N) is 1. The molecule has 0 spiro atoms. The lowest BCUT2D eigenvalue weighted by Gasteiger charge is -1.98. The smallest absolute Gasteiger partial charge is 0.330 e. The summed E-state index contributed by atoms with van der Waals surface area (Å²) >= 11 is 1.43. The zero-order valence-electron chi connectivity index (χ0n) is 11.7. The average molecular weight is 305 g/mol. The fourth-order valence-electron chi connectivity index (χ4n) is 1.60. The van der Waals surface area contributed by atoms with E-state index in [4.69, 9.17) is 4.74 Å². The lowest BCUT2D eigenvalue weighted by atomic mass is 10.2. The Kier molecular flexibility index (Phi) is 5.63. The van der Waals surface area contributed by atoms with Crippen molar-refractivity contribution in [2.24, 2.45) is 0 Å². The Balaban J connectivity index is 1.96. The first-order valence-corrected chi connectivity index (χ1v) is 7.57. The van der Waals surface area contributed by atoms with E-state index in [1.165, 1.54) is 29.5 Å². The minimum Gasteiger partial charge on any atom is -0.463 e. The molecule has 0 atom stereocenters. The van der Waals surface area contributed by atoms with Gasteiger partial charge in [-0.05, 0) is 36.8 Å². The number of halogens is 1. The fraction of sp³-hybridized carbons (Fsp3) is 0.250. The third-order valence-corrected chi connectivity index (χ3v) is 3.75. The Bertz CT molecular complexity index is 619. The first-order chi connectivity index (χ1) is 10.2. The van der Waals surface area contributed by atoms with E-state index in [-0.39, 0.29) is 11.8 Å². The molecule has 0 aliphatic rings. The molecule has 0 saturated carbocycles. The summed E-state index contributed by atoms with van der Waals surface area (Å²) in [6.07, 6.45) is 6.62. The highest BCUT2D eigenvalue weighted by molar-refractivity contribution is 7.15. The second-order valence-corrected chi connectivity index (χ2v) is 5.49. The molecule has 0 fully saturated rings. The molecule has 3 nitrogen and oxygen atoms in total. The van der Waals surface area contributed by atoms with Crippen molar-refractivity contribution in [3.63, 3.8) is 0 Å². The highest BCUT2D eigenvalue weighted by Crippen LogP contribution is 2.25. The van der Waals surface area contributed by atoms with Crippen molar-refractivity contribution in [3.05, 3.63) is 47.2 Å². The quantitative estimate of drug-likeness (QED) is 0.453. The summed E-state index contributed by atoms with van der Waals surface area (Å²) in [4.78, 5) is 16.6. The molecule has 0 aliphatic heterocycles. The third-order valence-electron chi connectivity index (χ3n) is 2.74. The number of esters is 1. The second kappa shape index (κ2) is 7.69. The van der Waals surface area contributed by atoms with Gasteiger partial charge >= 0.3 is 5.97 Å². The largest absolute Gasteiger partial charge is 0.463 e. The number of aromatic nitrogens is 1. The molecular weight excluding hydrogens is 289 g/mol. The predicted octanol–water partition coefficient (Wildman–Crippen LogP) is 4.31. The zero-order valence-corrected chi connectivity index (χ0v) is 12.5. The summed E-state index contributed by atoms with van der Waals surface area (Å²) < 4.78 is 17.9. The van der Waals surface area contributed by atoms with Crippen molar-refractivity contribution in [1.29, 1.82) is 0 Å². The van der Waals surface area contributed by atoms with Gasteiger partial charge in [0.2, 0.25) is 0 Å². The van der Waals surface area contributed by atoms with Crippen LogP contribution in [0.2, 0.25) is 0 Å². The van der Waals surface area contributed by atoms with E-state index < -0.39 is 0 Å². The van der Waals surface area contributed by atoms with Crippen LogP contribution in [0, 0.1) is 5.82 Å². The van der Waals surface area contributed by atoms with Gasteiger partial charge in [0, 0.05) is 22.7 Å². The average Bonchev–Trinajstić information content (AvgIpc) is 2.95. The molecule has 0 saturated heterocycles. The molecule has 2 aromatic rings. The molecule has 1 aromatic heterocycles. The van der Waals surface area contributed by atoms with Gasteiger partial charge in [0.25, 0.3) is 0 Å². The second-order valence-electron chi connectivity index (χ2n) is 4.43. The summed E-state index contributed by atoms with van der Waals surface area (Å²) in [5, 5.41) is 0.786. The molecule has 1 heterocycles. The Morgan fingerprint density at radius 1 is 1.38 bits per heavy atom. The van der Waals surface area contributed by atoms with Crippen molar-refractivity contribution in [2.75, 3.05) is 6.61 Å². The lowest BCUT2D eigenvalue weighted by Crippen LogP contribution is -2.01. The molecule has 0 amide bonds. The molecule has 21 heavy (non-hydrogen) atoms. The van der Waals surface area contributed by atoms with E-state index in [2.05, 4.69) is 4.98 Å². The molecule has 110 valence electrons. The third kappa shape index (κ3) is 4.79. The first kappa shape index (κ1) is 15.4. The Morgan fingerprint density at radius 2 is 2.14 bits per heavy atom. The molecule has 1 aromatic carbocycles. The van der Waals surface area contributed by atoms with Crippen molar-refractivity contribution in [1.82, 2.24) is 4.98 Å². The summed E-state index contributed by atoms with van der Waals surface area (Å²) in [5.74, 6) is -0.620. The van der Waals surface area contributed by atoms with Gasteiger partial charge in [-0.3, -0.25) is 0 Å². The van der Waals surface area contributed by atoms with E-state index in [0.29, 0.717) is 6.61 Å². The van der Waals surface area contributed by atoms with Crippen LogP contribution in [0.4, 0.5) is 4.39 Å². The van der Waals surface area contributed by atoms with Gasteiger partial charge in [-0.15, -0.1) is 11.3 Å². The predicted molar refractivity (Wildman–Crippen MR) is 82.4 cm³/mol. The van der Waals surface area contributed by atoms with E-state index in [1.807, 2.05) is 6.92 Å². The van der Waals surface area contributed by atoms with E-state index in [9.17, 15) is 9.18 Å². The Labute approximate surface area is 127 Å². The lowest BCUT2D eigenvalue weighted by molar-refractivity contribution is -0.137. The van der Waals surface area contributed by atoms with E-state index in [0.717, 1.165) is 28.3 Å². The summed E-state index contributed by atoms with van der Waals surface area (Å²) in [7, 11) is 0. The van der Waals surface area contributed by atoms with Gasteiger partial charge < -0.3 is 4.74 Å². The highest BCUT2D eigenvalue weighted by atomic mass is 32.1. The Morgan fingerprint density at radius 3 is 2.86 bits per heavy atom. The van der Waals surface area contributed by atoms with Gasteiger partial charge in [0.05, 0.1) is 6.61 Å². The standard InChI is InChI=1S/C16H16FNO2S/c1-2-3-10-20-15(19)9-8-14-11-18-16(21-14)12-4-6-13(17)7-5-12/h4-9,11H,2-3,10H2,1H3/b9-8+. The van der Waals surface area contributed by atoms with Crippen LogP contribution >= 0.6 is 11.3 Å². The minimum atomic E-state index is -0.347. The van der Waals surface area contributed by atoms with Crippen LogP contribution in [-0.4, -0.2) is 17.6 Å². The van der Waals surface area contributed by atoms with Crippen molar-refractivity contribution in [2.45, 2.75) is 19.8 Å². The molecular formula is C16H16FNO2S. The molecule has 2 rings (SSSR count). The molecule has 0 aliphatic carbocycles. The molecule has 0 bridgehead atoms. The molecule has 0 unspecified atom stereocenters. The monoisotopic (exact) mass is 305 g/mol. The fourth-order valence-corrected chi connectivity index (χ4v) is 2.43. The van der Waals surface area contributed by atoms with Crippen molar-refractivity contribution in [3.8, 4) is 10.6 Å². The zero-order chi connectivity index (χ0) is 15.1. The maximum absolute atomic E-state index is 12.9. The van der Waals surface area contributed by atoms with Crippen LogP contribution in [0.25, 0.3) is 16.6 Å². The summed E-state index contributed by atoms with van der Waals surface area (Å²) in [5.41, 5.74) is 0.853.